The second-order valence-corrected chi connectivity index (χ2v) is 8.74. The summed E-state index contributed by atoms with van der Waals surface area (Å²) >= 11 is 0. The van der Waals surface area contributed by atoms with Gasteiger partial charge in [0.2, 0.25) is 11.8 Å². The highest BCUT2D eigenvalue weighted by Gasteiger charge is 2.34. The first-order chi connectivity index (χ1) is 16.1. The summed E-state index contributed by atoms with van der Waals surface area (Å²) in [5, 5.41) is 2.93. The lowest BCUT2D eigenvalue weighted by Gasteiger charge is -2.36. The third-order valence-electron chi connectivity index (χ3n) is 6.47. The number of rotatable bonds is 7. The molecule has 33 heavy (non-hydrogen) atoms. The molecule has 2 heterocycles. The highest BCUT2D eigenvalue weighted by Crippen LogP contribution is 2.24. The zero-order valence-corrected chi connectivity index (χ0v) is 19.2. The molecule has 4 rings (SSSR count). The predicted molar refractivity (Wildman–Crippen MR) is 129 cm³/mol. The second-order valence-electron chi connectivity index (χ2n) is 8.74. The quantitative estimate of drug-likeness (QED) is 0.706. The zero-order valence-electron chi connectivity index (χ0n) is 19.2. The Hall–Kier alpha value is -3.35. The molecule has 2 fully saturated rings. The molecular weight excluding hydrogens is 416 g/mol. The number of carbonyl (C=O) groups is 3. The second kappa shape index (κ2) is 10.5. The van der Waals surface area contributed by atoms with Crippen LogP contribution in [-0.4, -0.2) is 66.8 Å². The summed E-state index contributed by atoms with van der Waals surface area (Å²) in [7, 11) is 0. The number of nitrogens with zero attached hydrogens (tertiary/aromatic N) is 3. The Kier molecular flexibility index (Phi) is 7.27. The van der Waals surface area contributed by atoms with Crippen molar-refractivity contribution >= 4 is 29.1 Å². The fourth-order valence-electron chi connectivity index (χ4n) is 4.50. The third kappa shape index (κ3) is 5.35. The molecule has 2 aliphatic rings. The van der Waals surface area contributed by atoms with Crippen molar-refractivity contribution in [1.82, 2.24) is 9.80 Å². The van der Waals surface area contributed by atoms with Crippen molar-refractivity contribution in [2.75, 3.05) is 49.5 Å². The summed E-state index contributed by atoms with van der Waals surface area (Å²) in [6, 6.07) is 17.4. The van der Waals surface area contributed by atoms with Crippen LogP contribution in [0.25, 0.3) is 0 Å². The first-order valence-electron chi connectivity index (χ1n) is 11.8. The lowest BCUT2D eigenvalue weighted by atomic mass is 10.1. The van der Waals surface area contributed by atoms with Crippen LogP contribution in [0.1, 0.15) is 36.5 Å². The van der Waals surface area contributed by atoms with Gasteiger partial charge in [-0.05, 0) is 30.7 Å². The highest BCUT2D eigenvalue weighted by atomic mass is 16.2. The lowest BCUT2D eigenvalue weighted by Crippen LogP contribution is -2.49. The Labute approximate surface area is 195 Å². The first-order valence-corrected chi connectivity index (χ1v) is 11.8. The van der Waals surface area contributed by atoms with E-state index < -0.39 is 0 Å². The van der Waals surface area contributed by atoms with E-state index in [4.69, 9.17) is 0 Å². The van der Waals surface area contributed by atoms with Crippen LogP contribution < -0.4 is 10.2 Å². The van der Waals surface area contributed by atoms with Gasteiger partial charge in [0.15, 0.2) is 0 Å². The molecule has 1 atom stereocenters. The smallest absolute Gasteiger partial charge is 0.256 e. The van der Waals surface area contributed by atoms with Gasteiger partial charge in [-0.1, -0.05) is 43.7 Å². The number of piperazine rings is 1. The summed E-state index contributed by atoms with van der Waals surface area (Å²) < 4.78 is 0. The highest BCUT2D eigenvalue weighted by molar-refractivity contribution is 6.05. The van der Waals surface area contributed by atoms with Gasteiger partial charge in [-0.25, -0.2) is 0 Å². The van der Waals surface area contributed by atoms with E-state index in [-0.39, 0.29) is 30.1 Å². The monoisotopic (exact) mass is 448 g/mol. The molecule has 7 heteroatoms. The van der Waals surface area contributed by atoms with Crippen molar-refractivity contribution in [1.29, 1.82) is 0 Å². The third-order valence-corrected chi connectivity index (χ3v) is 6.47. The fraction of sp³-hybridized carbons (Fsp3) is 0.423. The number of para-hydroxylation sites is 2. The summed E-state index contributed by atoms with van der Waals surface area (Å²) in [6.07, 6.45) is 2.18. The van der Waals surface area contributed by atoms with Crippen LogP contribution in [0.2, 0.25) is 0 Å². The van der Waals surface area contributed by atoms with Crippen molar-refractivity contribution in [2.24, 2.45) is 5.92 Å². The molecule has 2 aromatic carbocycles. The van der Waals surface area contributed by atoms with E-state index in [9.17, 15) is 14.4 Å². The lowest BCUT2D eigenvalue weighted by molar-refractivity contribution is -0.128. The van der Waals surface area contributed by atoms with E-state index in [1.54, 1.807) is 17.0 Å². The van der Waals surface area contributed by atoms with Crippen LogP contribution in [0.3, 0.4) is 0 Å². The number of unbranched alkanes of at least 4 members (excludes halogenated alkanes) is 1. The molecule has 3 amide bonds. The van der Waals surface area contributed by atoms with E-state index in [2.05, 4.69) is 29.3 Å². The molecule has 2 aliphatic heterocycles. The minimum atomic E-state index is -0.382. The number of amides is 3. The first kappa shape index (κ1) is 22.8. The van der Waals surface area contributed by atoms with Gasteiger partial charge in [-0.15, -0.1) is 0 Å². The van der Waals surface area contributed by atoms with E-state index >= 15 is 0 Å². The Morgan fingerprint density at radius 1 is 0.970 bits per heavy atom. The van der Waals surface area contributed by atoms with Crippen molar-refractivity contribution in [3.8, 4) is 0 Å². The van der Waals surface area contributed by atoms with Gasteiger partial charge in [-0.2, -0.15) is 0 Å². The molecule has 0 aliphatic carbocycles. The maximum Gasteiger partial charge on any atom is 0.256 e. The van der Waals surface area contributed by atoms with Crippen molar-refractivity contribution < 1.29 is 14.4 Å². The van der Waals surface area contributed by atoms with E-state index in [0.29, 0.717) is 37.4 Å². The average Bonchev–Trinajstić information content (AvgIpc) is 3.24. The van der Waals surface area contributed by atoms with Crippen LogP contribution in [-0.2, 0) is 9.59 Å². The zero-order chi connectivity index (χ0) is 23.2. The molecule has 2 saturated heterocycles. The number of benzene rings is 2. The number of hydrogen-bond acceptors (Lipinski definition) is 4. The van der Waals surface area contributed by atoms with Crippen molar-refractivity contribution in [3.63, 3.8) is 0 Å². The summed E-state index contributed by atoms with van der Waals surface area (Å²) in [5.41, 5.74) is 2.17. The molecule has 1 N–H and O–H groups in total. The number of nitrogens with one attached hydrogen (secondary N) is 1. The van der Waals surface area contributed by atoms with Crippen molar-refractivity contribution in [2.45, 2.75) is 26.2 Å². The molecule has 0 spiro atoms. The minimum absolute atomic E-state index is 0.0317. The van der Waals surface area contributed by atoms with Gasteiger partial charge in [0, 0.05) is 51.4 Å². The molecule has 0 aromatic heterocycles. The predicted octanol–water partition coefficient (Wildman–Crippen LogP) is 3.24. The van der Waals surface area contributed by atoms with Gasteiger partial charge in [0.25, 0.3) is 5.91 Å². The molecule has 0 saturated carbocycles. The molecule has 1 unspecified atom stereocenters. The summed E-state index contributed by atoms with van der Waals surface area (Å²) in [4.78, 5) is 44.3. The number of anilines is 2. The maximum atomic E-state index is 13.3. The van der Waals surface area contributed by atoms with Crippen LogP contribution >= 0.6 is 0 Å². The van der Waals surface area contributed by atoms with Crippen LogP contribution in [0, 0.1) is 5.92 Å². The average molecular weight is 449 g/mol. The van der Waals surface area contributed by atoms with E-state index in [1.807, 2.05) is 35.2 Å². The molecule has 7 nitrogen and oxygen atoms in total. The molecule has 2 aromatic rings. The Bertz CT molecular complexity index is 986. The van der Waals surface area contributed by atoms with Crippen LogP contribution in [0.15, 0.2) is 54.6 Å². The normalized spacial score (nSPS) is 18.5. The van der Waals surface area contributed by atoms with Gasteiger partial charge in [0.05, 0.1) is 17.2 Å². The van der Waals surface area contributed by atoms with Crippen molar-refractivity contribution in [3.05, 3.63) is 60.2 Å². The summed E-state index contributed by atoms with van der Waals surface area (Å²) in [6.45, 7) is 6.01. The molecule has 174 valence electrons. The maximum absolute atomic E-state index is 13.3. The summed E-state index contributed by atoms with van der Waals surface area (Å²) in [5.74, 6) is -0.627. The number of likely N-dealkylation sites (tertiary alicyclic amines) is 1. The van der Waals surface area contributed by atoms with Gasteiger partial charge >= 0.3 is 0 Å². The largest absolute Gasteiger partial charge is 0.368 e. The van der Waals surface area contributed by atoms with Gasteiger partial charge < -0.3 is 20.0 Å². The van der Waals surface area contributed by atoms with Crippen LogP contribution in [0.4, 0.5) is 11.4 Å². The molecule has 0 bridgehead atoms. The topological polar surface area (TPSA) is 73.0 Å². The number of carbonyl (C=O) groups excluding carboxylic acids is 3. The fourth-order valence-corrected chi connectivity index (χ4v) is 4.50. The van der Waals surface area contributed by atoms with E-state index in [1.165, 1.54) is 0 Å². The van der Waals surface area contributed by atoms with Gasteiger partial charge in [0.1, 0.15) is 0 Å². The standard InChI is InChI=1S/C26H32N4O3/c1-2-3-13-30-19-20(18-24(30)31)25(32)27-23-12-8-7-11-22(23)26(33)29-16-14-28(15-17-29)21-9-5-4-6-10-21/h4-12,20H,2-3,13-19H2,1H3,(H,27,32). The Morgan fingerprint density at radius 2 is 1.67 bits per heavy atom. The Morgan fingerprint density at radius 3 is 2.39 bits per heavy atom. The molecule has 0 radical (unpaired) electrons. The minimum Gasteiger partial charge on any atom is -0.368 e. The van der Waals surface area contributed by atoms with E-state index in [0.717, 1.165) is 31.6 Å². The molecular formula is C26H32N4O3. The SMILES string of the molecule is CCCCN1CC(C(=O)Nc2ccccc2C(=O)N2CCN(c3ccccc3)CC2)CC1=O. The Balaban J connectivity index is 1.38. The number of hydrogen-bond donors (Lipinski definition) is 1. The van der Waals surface area contributed by atoms with Gasteiger partial charge in [-0.3, -0.25) is 14.4 Å². The van der Waals surface area contributed by atoms with Crippen LogP contribution in [0.5, 0.6) is 0 Å².